The molecule has 132 valence electrons. The van der Waals surface area contributed by atoms with E-state index >= 15 is 0 Å². The van der Waals surface area contributed by atoms with Crippen molar-refractivity contribution in [2.75, 3.05) is 12.8 Å². The van der Waals surface area contributed by atoms with Crippen LogP contribution in [0.1, 0.15) is 22.8 Å². The van der Waals surface area contributed by atoms with Gasteiger partial charge < -0.3 is 16.2 Å². The fourth-order valence-electron chi connectivity index (χ4n) is 3.08. The predicted octanol–water partition coefficient (Wildman–Crippen LogP) is 3.63. The van der Waals surface area contributed by atoms with Crippen LogP contribution in [-0.2, 0) is 6.42 Å². The van der Waals surface area contributed by atoms with Gasteiger partial charge in [-0.1, -0.05) is 31.2 Å². The summed E-state index contributed by atoms with van der Waals surface area (Å²) in [7, 11) is 1.61. The number of carbonyl (C=O) groups is 1. The van der Waals surface area contributed by atoms with Crippen molar-refractivity contribution in [3.8, 4) is 28.0 Å². The maximum Gasteiger partial charge on any atom is 0.251 e. The smallest absolute Gasteiger partial charge is 0.251 e. The third-order valence-electron chi connectivity index (χ3n) is 4.41. The largest absolute Gasteiger partial charge is 0.508 e. The lowest BCUT2D eigenvalue weighted by Gasteiger charge is -2.16. The van der Waals surface area contributed by atoms with Crippen molar-refractivity contribution in [2.24, 2.45) is 0 Å². The average molecular weight is 347 g/mol. The van der Waals surface area contributed by atoms with Crippen molar-refractivity contribution in [1.29, 1.82) is 0 Å². The van der Waals surface area contributed by atoms with Crippen LogP contribution in [0.3, 0.4) is 0 Å². The van der Waals surface area contributed by atoms with Crippen LogP contribution >= 0.6 is 0 Å². The van der Waals surface area contributed by atoms with Gasteiger partial charge in [-0.05, 0) is 47.4 Å². The van der Waals surface area contributed by atoms with Crippen molar-refractivity contribution in [1.82, 2.24) is 10.3 Å². The normalized spacial score (nSPS) is 10.5. The zero-order chi connectivity index (χ0) is 18.7. The number of nitrogens with one attached hydrogen (secondary N) is 1. The molecule has 3 rings (SSSR count). The molecule has 26 heavy (non-hydrogen) atoms. The predicted molar refractivity (Wildman–Crippen MR) is 104 cm³/mol. The van der Waals surface area contributed by atoms with Crippen molar-refractivity contribution in [2.45, 2.75) is 13.3 Å². The lowest BCUT2D eigenvalue weighted by atomic mass is 9.91. The molecule has 0 radical (unpaired) electrons. The molecular formula is C21H21N3O2. The molecule has 5 nitrogen and oxygen atoms in total. The number of phenols is 1. The number of nitrogens with zero attached hydrogens (tertiary/aromatic N) is 1. The molecule has 0 aliphatic rings. The summed E-state index contributed by atoms with van der Waals surface area (Å²) >= 11 is 0. The number of carbonyl (C=O) groups excluding carboxylic acids is 1. The molecular weight excluding hydrogens is 326 g/mol. The number of nitrogen functional groups attached to an aromatic ring is 1. The molecule has 3 aromatic rings. The highest BCUT2D eigenvalue weighted by atomic mass is 16.3. The summed E-state index contributed by atoms with van der Waals surface area (Å²) in [5.41, 5.74) is 11.6. The summed E-state index contributed by atoms with van der Waals surface area (Å²) in [6.45, 7) is 2.07. The summed E-state index contributed by atoms with van der Waals surface area (Å²) in [6.07, 6.45) is 2.54. The second-order valence-electron chi connectivity index (χ2n) is 5.97. The van der Waals surface area contributed by atoms with E-state index in [1.807, 2.05) is 24.3 Å². The molecule has 0 saturated heterocycles. The first-order valence-electron chi connectivity index (χ1n) is 8.44. The van der Waals surface area contributed by atoms with Crippen LogP contribution in [0.4, 0.5) is 5.82 Å². The Morgan fingerprint density at radius 3 is 2.27 bits per heavy atom. The number of aromatic nitrogens is 1. The SMILES string of the molecule is CCc1c(-c2ccc(C(=O)NC)cc2)cnc(N)c1-c1ccc(O)cc1. The minimum atomic E-state index is -0.118. The van der Waals surface area contributed by atoms with Crippen LogP contribution in [0.25, 0.3) is 22.3 Å². The maximum absolute atomic E-state index is 11.7. The highest BCUT2D eigenvalue weighted by molar-refractivity contribution is 5.94. The molecule has 0 aliphatic carbocycles. The minimum Gasteiger partial charge on any atom is -0.508 e. The zero-order valence-corrected chi connectivity index (χ0v) is 14.8. The number of pyridine rings is 1. The number of nitrogens with two attached hydrogens (primary N) is 1. The van der Waals surface area contributed by atoms with E-state index in [1.54, 1.807) is 37.5 Å². The highest BCUT2D eigenvalue weighted by Gasteiger charge is 2.15. The van der Waals surface area contributed by atoms with Gasteiger partial charge >= 0.3 is 0 Å². The van der Waals surface area contributed by atoms with Gasteiger partial charge in [-0.3, -0.25) is 4.79 Å². The Bertz CT molecular complexity index is 933. The first kappa shape index (κ1) is 17.5. The summed E-state index contributed by atoms with van der Waals surface area (Å²) in [5.74, 6) is 0.546. The molecule has 0 bridgehead atoms. The molecule has 0 atom stereocenters. The van der Waals surface area contributed by atoms with Crippen molar-refractivity contribution < 1.29 is 9.90 Å². The molecule has 1 amide bonds. The maximum atomic E-state index is 11.7. The first-order chi connectivity index (χ1) is 12.5. The van der Waals surface area contributed by atoms with E-state index < -0.39 is 0 Å². The summed E-state index contributed by atoms with van der Waals surface area (Å²) in [4.78, 5) is 16.1. The standard InChI is InChI=1S/C21H21N3O2/c1-3-17-18(13-4-6-15(7-5-13)21(26)23-2)12-24-20(22)19(17)14-8-10-16(25)11-9-14/h4-12,25H,3H2,1-2H3,(H2,22,24)(H,23,26). The highest BCUT2D eigenvalue weighted by Crippen LogP contribution is 2.36. The van der Waals surface area contributed by atoms with E-state index in [4.69, 9.17) is 5.73 Å². The van der Waals surface area contributed by atoms with E-state index in [0.29, 0.717) is 11.4 Å². The molecule has 4 N–H and O–H groups in total. The van der Waals surface area contributed by atoms with Crippen LogP contribution < -0.4 is 11.1 Å². The Morgan fingerprint density at radius 2 is 1.69 bits per heavy atom. The molecule has 1 heterocycles. The number of aromatic hydroxyl groups is 1. The summed E-state index contributed by atoms with van der Waals surface area (Å²) in [5, 5.41) is 12.2. The van der Waals surface area contributed by atoms with Crippen molar-refractivity contribution in [3.05, 3.63) is 65.9 Å². The Balaban J connectivity index is 2.12. The van der Waals surface area contributed by atoms with Gasteiger partial charge in [-0.25, -0.2) is 4.98 Å². The fourth-order valence-corrected chi connectivity index (χ4v) is 3.08. The second kappa shape index (κ2) is 7.27. The van der Waals surface area contributed by atoms with Crippen LogP contribution in [0, 0.1) is 0 Å². The van der Waals surface area contributed by atoms with Crippen molar-refractivity contribution >= 4 is 11.7 Å². The number of amides is 1. The molecule has 0 fully saturated rings. The minimum absolute atomic E-state index is 0.118. The number of hydrogen-bond acceptors (Lipinski definition) is 4. The summed E-state index contributed by atoms with van der Waals surface area (Å²) in [6, 6.07) is 14.4. The van der Waals surface area contributed by atoms with Gasteiger partial charge in [0.15, 0.2) is 0 Å². The number of phenolic OH excluding ortho intramolecular Hbond substituents is 1. The average Bonchev–Trinajstić information content (AvgIpc) is 2.68. The van der Waals surface area contributed by atoms with Crippen molar-refractivity contribution in [3.63, 3.8) is 0 Å². The monoisotopic (exact) mass is 347 g/mol. The second-order valence-corrected chi connectivity index (χ2v) is 5.97. The number of benzene rings is 2. The number of hydrogen-bond donors (Lipinski definition) is 3. The summed E-state index contributed by atoms with van der Waals surface area (Å²) < 4.78 is 0. The Labute approximate surface area is 152 Å². The van der Waals surface area contributed by atoms with E-state index in [9.17, 15) is 9.90 Å². The molecule has 2 aromatic carbocycles. The number of rotatable bonds is 4. The quantitative estimate of drug-likeness (QED) is 0.672. The lowest BCUT2D eigenvalue weighted by Crippen LogP contribution is -2.17. The van der Waals surface area contributed by atoms with Crippen LogP contribution in [0.15, 0.2) is 54.7 Å². The van der Waals surface area contributed by atoms with Gasteiger partial charge in [0.05, 0.1) is 0 Å². The molecule has 5 heteroatoms. The molecule has 0 aliphatic heterocycles. The Hall–Kier alpha value is -3.34. The van der Waals surface area contributed by atoms with Gasteiger partial charge in [0.1, 0.15) is 11.6 Å². The lowest BCUT2D eigenvalue weighted by molar-refractivity contribution is 0.0963. The molecule has 0 unspecified atom stereocenters. The third kappa shape index (κ3) is 3.24. The first-order valence-corrected chi connectivity index (χ1v) is 8.44. The van der Waals surface area contributed by atoms with Crippen LogP contribution in [-0.4, -0.2) is 23.0 Å². The van der Waals surface area contributed by atoms with Gasteiger partial charge in [0.2, 0.25) is 0 Å². The molecule has 0 spiro atoms. The fraction of sp³-hybridized carbons (Fsp3) is 0.143. The van der Waals surface area contributed by atoms with Gasteiger partial charge in [0, 0.05) is 29.9 Å². The Morgan fingerprint density at radius 1 is 1.08 bits per heavy atom. The Kier molecular flexibility index (Phi) is 4.89. The zero-order valence-electron chi connectivity index (χ0n) is 14.8. The van der Waals surface area contributed by atoms with Gasteiger partial charge in [-0.2, -0.15) is 0 Å². The van der Waals surface area contributed by atoms with Gasteiger partial charge in [-0.15, -0.1) is 0 Å². The van der Waals surface area contributed by atoms with E-state index in [-0.39, 0.29) is 11.7 Å². The third-order valence-corrected chi connectivity index (χ3v) is 4.41. The van der Waals surface area contributed by atoms with Crippen LogP contribution in [0.5, 0.6) is 5.75 Å². The van der Waals surface area contributed by atoms with E-state index in [2.05, 4.69) is 17.2 Å². The topological polar surface area (TPSA) is 88.2 Å². The number of anilines is 1. The van der Waals surface area contributed by atoms with Gasteiger partial charge in [0.25, 0.3) is 5.91 Å². The molecule has 1 aromatic heterocycles. The molecule has 0 saturated carbocycles. The van der Waals surface area contributed by atoms with E-state index in [0.717, 1.165) is 34.2 Å². The van der Waals surface area contributed by atoms with E-state index in [1.165, 1.54) is 0 Å². The van der Waals surface area contributed by atoms with Crippen LogP contribution in [0.2, 0.25) is 0 Å².